The van der Waals surface area contributed by atoms with Gasteiger partial charge in [0.25, 0.3) is 0 Å². The third kappa shape index (κ3) is 8.47. The summed E-state index contributed by atoms with van der Waals surface area (Å²) in [5.74, 6) is -0.251. The van der Waals surface area contributed by atoms with Crippen LogP contribution in [0.3, 0.4) is 0 Å². The molecule has 0 aliphatic rings. The average molecular weight is 496 g/mol. The van der Waals surface area contributed by atoms with Crippen molar-refractivity contribution in [2.45, 2.75) is 23.5 Å². The van der Waals surface area contributed by atoms with Crippen molar-refractivity contribution in [3.8, 4) is 5.75 Å². The molecule has 0 unspecified atom stereocenters. The molecule has 0 saturated heterocycles. The zero-order chi connectivity index (χ0) is 22.1. The molecule has 0 spiro atoms. The number of nitrogens with zero attached hydrogens (tertiary/aromatic N) is 1. The van der Waals surface area contributed by atoms with Crippen LogP contribution in [0.5, 0.6) is 5.75 Å². The largest absolute Gasteiger partial charge is 1.00 e. The summed E-state index contributed by atoms with van der Waals surface area (Å²) in [5.41, 5.74) is 2.43. The molecule has 0 radical (unpaired) electrons. The summed E-state index contributed by atoms with van der Waals surface area (Å²) in [7, 11) is 0. The van der Waals surface area contributed by atoms with Gasteiger partial charge in [0.1, 0.15) is 11.4 Å². The molecule has 0 N–H and O–H groups in total. The topological polar surface area (TPSA) is 62.2 Å². The summed E-state index contributed by atoms with van der Waals surface area (Å²) < 4.78 is 5.87. The number of hydrogen-bond acceptors (Lipinski definition) is 5. The van der Waals surface area contributed by atoms with E-state index >= 15 is 0 Å². The maximum Gasteiger partial charge on any atom is 1.00 e. The fraction of sp³-hybridized carbons (Fsp3) is 0.167. The summed E-state index contributed by atoms with van der Waals surface area (Å²) in [5, 5.41) is 12.0. The Hall–Kier alpha value is -1.47. The quantitative estimate of drug-likeness (QED) is 0.187. The van der Waals surface area contributed by atoms with E-state index in [1.54, 1.807) is 24.3 Å². The first kappa shape index (κ1) is 26.8. The number of thioether (sulfide) groups is 1. The number of aromatic nitrogens is 1. The molecule has 0 aliphatic heterocycles. The number of benzene rings is 2. The van der Waals surface area contributed by atoms with Crippen molar-refractivity contribution in [2.24, 2.45) is 0 Å². The van der Waals surface area contributed by atoms with Gasteiger partial charge in [-0.25, -0.2) is 4.98 Å². The fourth-order valence-electron chi connectivity index (χ4n) is 2.84. The molecule has 0 atom stereocenters. The first-order valence-corrected chi connectivity index (χ1v) is 11.4. The Morgan fingerprint density at radius 1 is 1.03 bits per heavy atom. The van der Waals surface area contributed by atoms with Crippen LogP contribution >= 0.6 is 35.0 Å². The third-order valence-electron chi connectivity index (χ3n) is 4.31. The van der Waals surface area contributed by atoms with Crippen molar-refractivity contribution in [1.82, 2.24) is 4.98 Å². The summed E-state index contributed by atoms with van der Waals surface area (Å²) >= 11 is 13.9. The van der Waals surface area contributed by atoms with Crippen LogP contribution in [0.1, 0.15) is 23.4 Å². The summed E-state index contributed by atoms with van der Waals surface area (Å²) in [6.45, 7) is 0.492. The first-order chi connectivity index (χ1) is 15.0. The van der Waals surface area contributed by atoms with Gasteiger partial charge >= 0.3 is 29.6 Å². The minimum Gasteiger partial charge on any atom is -0.545 e. The van der Waals surface area contributed by atoms with Crippen LogP contribution in [0.2, 0.25) is 10.0 Å². The number of halogens is 2. The first-order valence-electron chi connectivity index (χ1n) is 9.65. The van der Waals surface area contributed by atoms with Gasteiger partial charge in [-0.3, -0.25) is 0 Å². The predicted octanol–water partition coefficient (Wildman–Crippen LogP) is 2.46. The Morgan fingerprint density at radius 3 is 2.44 bits per heavy atom. The second-order valence-corrected chi connectivity index (χ2v) is 8.42. The van der Waals surface area contributed by atoms with E-state index in [1.807, 2.05) is 24.3 Å². The van der Waals surface area contributed by atoms with Crippen molar-refractivity contribution in [1.29, 1.82) is 0 Å². The Kier molecular flexibility index (Phi) is 11.7. The number of aliphatic carboxylic acids is 1. The van der Waals surface area contributed by atoms with Crippen LogP contribution in [0, 0.1) is 0 Å². The number of carboxylic acids is 1. The molecule has 0 bridgehead atoms. The molecule has 1 aromatic heterocycles. The van der Waals surface area contributed by atoms with Gasteiger partial charge in [-0.15, -0.1) is 11.8 Å². The van der Waals surface area contributed by atoms with E-state index in [2.05, 4.69) is 17.1 Å². The molecule has 1 heterocycles. The van der Waals surface area contributed by atoms with Crippen LogP contribution in [0.25, 0.3) is 6.08 Å². The molecule has 3 aromatic rings. The van der Waals surface area contributed by atoms with Gasteiger partial charge in [0.15, 0.2) is 0 Å². The monoisotopic (exact) mass is 495 g/mol. The van der Waals surface area contributed by atoms with Crippen LogP contribution in [-0.2, 0) is 17.0 Å². The molecule has 8 heteroatoms. The Labute approximate surface area is 224 Å². The smallest absolute Gasteiger partial charge is 0.545 e. The van der Waals surface area contributed by atoms with Gasteiger partial charge < -0.3 is 14.6 Å². The molecular weight excluding hydrogens is 476 g/mol. The molecule has 2 aromatic carbocycles. The van der Waals surface area contributed by atoms with E-state index in [0.717, 1.165) is 29.5 Å². The Balaban J connectivity index is 0.00000363. The van der Waals surface area contributed by atoms with Crippen molar-refractivity contribution in [2.75, 3.05) is 6.61 Å². The Morgan fingerprint density at radius 2 is 1.75 bits per heavy atom. The Bertz CT molecular complexity index is 1040. The second-order valence-electron chi connectivity index (χ2n) is 6.62. The van der Waals surface area contributed by atoms with Crippen LogP contribution in [0.15, 0.2) is 71.6 Å². The van der Waals surface area contributed by atoms with E-state index in [9.17, 15) is 9.90 Å². The molecule has 4 nitrogen and oxygen atoms in total. The second kappa shape index (κ2) is 13.9. The standard InChI is InChI=1S/C24H21Cl2NO3S.Na/c25-19-9-4-10-20(26)24(19)31-16-18-11-13-22(21(27-18)12-14-23(28)29)30-15-5-8-17-6-2-1-3-7-17;/h1-4,6-7,9-14H,5,8,15-16H2,(H,28,29);/q;+1/p-1/b14-12+;. The zero-order valence-electron chi connectivity index (χ0n) is 17.6. The van der Waals surface area contributed by atoms with Gasteiger partial charge in [-0.05, 0) is 54.8 Å². The number of carboxylic acid groups (broad SMARTS) is 1. The van der Waals surface area contributed by atoms with E-state index < -0.39 is 5.97 Å². The van der Waals surface area contributed by atoms with Gasteiger partial charge in [0.05, 0.1) is 28.3 Å². The zero-order valence-corrected chi connectivity index (χ0v) is 21.9. The van der Waals surface area contributed by atoms with Crippen molar-refractivity contribution in [3.05, 3.63) is 93.7 Å². The van der Waals surface area contributed by atoms with Crippen LogP contribution < -0.4 is 39.4 Å². The normalized spacial score (nSPS) is 10.7. The molecule has 32 heavy (non-hydrogen) atoms. The van der Waals surface area contributed by atoms with Crippen molar-refractivity contribution >= 4 is 47.0 Å². The van der Waals surface area contributed by atoms with Gasteiger partial charge in [-0.2, -0.15) is 0 Å². The minimum absolute atomic E-state index is 0. The van der Waals surface area contributed by atoms with Crippen molar-refractivity contribution < 1.29 is 44.2 Å². The summed E-state index contributed by atoms with van der Waals surface area (Å²) in [6.07, 6.45) is 4.06. The molecule has 160 valence electrons. The molecule has 3 rings (SSSR count). The molecule has 0 fully saturated rings. The maximum absolute atomic E-state index is 10.9. The number of ether oxygens (including phenoxy) is 1. The summed E-state index contributed by atoms with van der Waals surface area (Å²) in [4.78, 5) is 16.2. The van der Waals surface area contributed by atoms with E-state index in [1.165, 1.54) is 23.4 Å². The summed E-state index contributed by atoms with van der Waals surface area (Å²) in [6, 6.07) is 19.2. The fourth-order valence-corrected chi connectivity index (χ4v) is 4.43. The number of carbonyl (C=O) groups excluding carboxylic acids is 1. The average Bonchev–Trinajstić information content (AvgIpc) is 2.76. The molecule has 0 saturated carbocycles. The van der Waals surface area contributed by atoms with Gasteiger partial charge in [0.2, 0.25) is 0 Å². The van der Waals surface area contributed by atoms with E-state index in [4.69, 9.17) is 27.9 Å². The minimum atomic E-state index is -1.29. The number of rotatable bonds is 10. The molecule has 0 aliphatic carbocycles. The van der Waals surface area contributed by atoms with Crippen LogP contribution in [-0.4, -0.2) is 17.6 Å². The third-order valence-corrected chi connectivity index (χ3v) is 6.34. The molecule has 0 amide bonds. The number of aryl methyl sites for hydroxylation is 1. The number of pyridine rings is 1. The maximum atomic E-state index is 10.9. The predicted molar refractivity (Wildman–Crippen MR) is 125 cm³/mol. The molecular formula is C24H20Cl2NNaO3S. The van der Waals surface area contributed by atoms with Crippen LogP contribution in [0.4, 0.5) is 0 Å². The van der Waals surface area contributed by atoms with Gasteiger partial charge in [0, 0.05) is 10.6 Å². The van der Waals surface area contributed by atoms with E-state index in [-0.39, 0.29) is 29.6 Å². The number of hydrogen-bond donors (Lipinski definition) is 0. The van der Waals surface area contributed by atoms with Crippen molar-refractivity contribution in [3.63, 3.8) is 0 Å². The SMILES string of the molecule is O=C([O-])/C=C/c1nc(CSc2c(Cl)cccc2Cl)ccc1OCCCc1ccccc1.[Na+]. The van der Waals surface area contributed by atoms with Gasteiger partial charge in [-0.1, -0.05) is 59.6 Å². The van der Waals surface area contributed by atoms with E-state index in [0.29, 0.717) is 33.8 Å². The number of carbonyl (C=O) groups is 1.